The van der Waals surface area contributed by atoms with Gasteiger partial charge < -0.3 is 5.32 Å². The molecule has 0 unspecified atom stereocenters. The van der Waals surface area contributed by atoms with Crippen molar-refractivity contribution < 1.29 is 0 Å². The van der Waals surface area contributed by atoms with Gasteiger partial charge in [-0.3, -0.25) is 4.68 Å². The highest BCUT2D eigenvalue weighted by Crippen LogP contribution is 2.32. The third-order valence-electron chi connectivity index (χ3n) is 3.16. The Bertz CT molecular complexity index is 655. The van der Waals surface area contributed by atoms with Gasteiger partial charge in [0, 0.05) is 25.2 Å². The topological polar surface area (TPSA) is 55.6 Å². The number of aromatic nitrogens is 4. The van der Waals surface area contributed by atoms with Gasteiger partial charge in [0.2, 0.25) is 0 Å². The number of nitrogens with zero attached hydrogens (tertiary/aromatic N) is 4. The van der Waals surface area contributed by atoms with Gasteiger partial charge in [-0.2, -0.15) is 5.10 Å². The van der Waals surface area contributed by atoms with Crippen LogP contribution in [0.15, 0.2) is 6.20 Å². The van der Waals surface area contributed by atoms with Gasteiger partial charge in [0.15, 0.2) is 5.82 Å². The lowest BCUT2D eigenvalue weighted by molar-refractivity contribution is 0.564. The quantitative estimate of drug-likeness (QED) is 0.803. The lowest BCUT2D eigenvalue weighted by Gasteiger charge is -2.22. The molecule has 0 radical (unpaired) electrons. The molecular weight excluding hydrogens is 377 g/mol. The second-order valence-electron chi connectivity index (χ2n) is 6.14. The largest absolute Gasteiger partial charge is 0.369 e. The van der Waals surface area contributed by atoms with E-state index in [2.05, 4.69) is 60.7 Å². The molecule has 0 atom stereocenters. The lowest BCUT2D eigenvalue weighted by atomic mass is 9.91. The van der Waals surface area contributed by atoms with E-state index in [0.29, 0.717) is 0 Å². The first-order valence-electron chi connectivity index (χ1n) is 7.06. The molecular formula is C15H22IN5. The molecule has 0 saturated heterocycles. The Hall–Kier alpha value is -1.18. The predicted molar refractivity (Wildman–Crippen MR) is 94.6 cm³/mol. The third-order valence-corrected chi connectivity index (χ3v) is 4.18. The number of aryl methyl sites for hydroxylation is 2. The van der Waals surface area contributed by atoms with Crippen molar-refractivity contribution in [1.29, 1.82) is 0 Å². The van der Waals surface area contributed by atoms with Crippen LogP contribution in [0.2, 0.25) is 0 Å². The van der Waals surface area contributed by atoms with E-state index in [4.69, 9.17) is 9.97 Å². The highest BCUT2D eigenvalue weighted by molar-refractivity contribution is 14.1. The maximum absolute atomic E-state index is 4.82. The first kappa shape index (κ1) is 16.2. The first-order valence-corrected chi connectivity index (χ1v) is 8.14. The zero-order valence-electron chi connectivity index (χ0n) is 13.5. The van der Waals surface area contributed by atoms with Crippen LogP contribution in [0, 0.1) is 10.5 Å². The Kier molecular flexibility index (Phi) is 4.55. The summed E-state index contributed by atoms with van der Waals surface area (Å²) in [4.78, 5) is 9.52. The molecule has 2 heterocycles. The second kappa shape index (κ2) is 5.90. The minimum atomic E-state index is -0.0332. The van der Waals surface area contributed by atoms with Crippen LogP contribution in [-0.4, -0.2) is 26.3 Å². The molecule has 0 saturated carbocycles. The molecule has 0 spiro atoms. The molecule has 0 bridgehead atoms. The molecule has 2 rings (SSSR count). The fourth-order valence-electron chi connectivity index (χ4n) is 2.17. The van der Waals surface area contributed by atoms with Crippen molar-refractivity contribution in [3.63, 3.8) is 0 Å². The van der Waals surface area contributed by atoms with Crippen molar-refractivity contribution in [2.45, 2.75) is 40.0 Å². The minimum absolute atomic E-state index is 0.0332. The van der Waals surface area contributed by atoms with E-state index in [1.54, 1.807) is 4.68 Å². The third kappa shape index (κ3) is 3.36. The maximum atomic E-state index is 4.82. The van der Waals surface area contributed by atoms with Crippen molar-refractivity contribution in [1.82, 2.24) is 19.7 Å². The summed E-state index contributed by atoms with van der Waals surface area (Å²) in [5, 5.41) is 7.73. The molecule has 6 heteroatoms. The fourth-order valence-corrected chi connectivity index (χ4v) is 3.41. The van der Waals surface area contributed by atoms with Crippen LogP contribution in [0.1, 0.15) is 39.1 Å². The number of nitrogens with one attached hydrogen (secondary N) is 1. The monoisotopic (exact) mass is 399 g/mol. The summed E-state index contributed by atoms with van der Waals surface area (Å²) in [5.41, 5.74) is 2.96. The molecule has 0 aliphatic rings. The highest BCUT2D eigenvalue weighted by Gasteiger charge is 2.24. The molecule has 0 aliphatic carbocycles. The van der Waals surface area contributed by atoms with Gasteiger partial charge in [-0.1, -0.05) is 20.8 Å². The highest BCUT2D eigenvalue weighted by atomic mass is 127. The normalized spacial score (nSPS) is 11.8. The van der Waals surface area contributed by atoms with E-state index in [1.807, 2.05) is 20.2 Å². The maximum Gasteiger partial charge on any atom is 0.165 e. The summed E-state index contributed by atoms with van der Waals surface area (Å²) in [6.45, 7) is 11.4. The second-order valence-corrected chi connectivity index (χ2v) is 7.22. The number of hydrogen-bond acceptors (Lipinski definition) is 4. The van der Waals surface area contributed by atoms with Crippen LogP contribution in [0.4, 0.5) is 5.82 Å². The van der Waals surface area contributed by atoms with E-state index >= 15 is 0 Å². The minimum Gasteiger partial charge on any atom is -0.369 e. The molecule has 2 aromatic heterocycles. The van der Waals surface area contributed by atoms with Crippen LogP contribution >= 0.6 is 22.6 Å². The van der Waals surface area contributed by atoms with Crippen LogP contribution in [-0.2, 0) is 12.5 Å². The van der Waals surface area contributed by atoms with Crippen molar-refractivity contribution in [2.24, 2.45) is 7.05 Å². The smallest absolute Gasteiger partial charge is 0.165 e. The average molecular weight is 399 g/mol. The van der Waals surface area contributed by atoms with Crippen LogP contribution in [0.3, 0.4) is 0 Å². The summed E-state index contributed by atoms with van der Waals surface area (Å²) in [5.74, 6) is 1.64. The van der Waals surface area contributed by atoms with Crippen LogP contribution in [0.5, 0.6) is 0 Å². The lowest BCUT2D eigenvalue weighted by Crippen LogP contribution is -2.19. The molecule has 0 amide bonds. The average Bonchev–Trinajstić information content (AvgIpc) is 2.70. The predicted octanol–water partition coefficient (Wildman–Crippen LogP) is 3.52. The van der Waals surface area contributed by atoms with Crippen molar-refractivity contribution >= 4 is 28.4 Å². The molecule has 2 aromatic rings. The van der Waals surface area contributed by atoms with E-state index in [0.717, 1.165) is 38.7 Å². The Morgan fingerprint density at radius 1 is 1.29 bits per heavy atom. The summed E-state index contributed by atoms with van der Waals surface area (Å²) in [6.07, 6.45) is 1.97. The van der Waals surface area contributed by atoms with Crippen molar-refractivity contribution in [3.05, 3.63) is 21.2 Å². The van der Waals surface area contributed by atoms with Gasteiger partial charge >= 0.3 is 0 Å². The van der Waals surface area contributed by atoms with Gasteiger partial charge in [-0.25, -0.2) is 9.97 Å². The first-order chi connectivity index (χ1) is 9.74. The Morgan fingerprint density at radius 3 is 2.43 bits per heavy atom. The molecule has 114 valence electrons. The van der Waals surface area contributed by atoms with Gasteiger partial charge in [-0.05, 0) is 36.4 Å². The van der Waals surface area contributed by atoms with E-state index < -0.39 is 0 Å². The molecule has 21 heavy (non-hydrogen) atoms. The van der Waals surface area contributed by atoms with Gasteiger partial charge in [0.05, 0.1) is 20.5 Å². The van der Waals surface area contributed by atoms with Gasteiger partial charge in [0.25, 0.3) is 0 Å². The van der Waals surface area contributed by atoms with Crippen LogP contribution in [0.25, 0.3) is 11.4 Å². The summed E-state index contributed by atoms with van der Waals surface area (Å²) >= 11 is 2.33. The molecule has 5 nitrogen and oxygen atoms in total. The van der Waals surface area contributed by atoms with Crippen molar-refractivity contribution in [2.75, 3.05) is 11.9 Å². The Morgan fingerprint density at radius 2 is 1.95 bits per heavy atom. The zero-order chi connectivity index (χ0) is 15.8. The number of anilines is 1. The number of hydrogen-bond donors (Lipinski definition) is 1. The molecule has 0 aliphatic heterocycles. The fraction of sp³-hybridized carbons (Fsp3) is 0.533. The van der Waals surface area contributed by atoms with Crippen molar-refractivity contribution in [3.8, 4) is 11.4 Å². The molecule has 1 N–H and O–H groups in total. The van der Waals surface area contributed by atoms with Gasteiger partial charge in [0.1, 0.15) is 5.82 Å². The zero-order valence-corrected chi connectivity index (χ0v) is 15.6. The molecule has 0 aromatic carbocycles. The molecule has 0 fully saturated rings. The Balaban J connectivity index is 2.67. The number of rotatable bonds is 3. The van der Waals surface area contributed by atoms with E-state index in [9.17, 15) is 0 Å². The number of halogens is 1. The summed E-state index contributed by atoms with van der Waals surface area (Å²) in [6, 6.07) is 0. The summed E-state index contributed by atoms with van der Waals surface area (Å²) < 4.78 is 2.89. The van der Waals surface area contributed by atoms with Gasteiger partial charge in [-0.15, -0.1) is 0 Å². The SMILES string of the molecule is CCNc1nc(-c2cn(C)nc2C)nc(C(C)(C)C)c1I. The van der Waals surface area contributed by atoms with Crippen LogP contribution < -0.4 is 5.32 Å². The Labute approximate surface area is 139 Å². The summed E-state index contributed by atoms with van der Waals surface area (Å²) in [7, 11) is 1.92. The van der Waals surface area contributed by atoms with E-state index in [-0.39, 0.29) is 5.41 Å². The standard InChI is InChI=1S/C15H22IN5/c1-7-17-14-11(16)12(15(3,4)5)18-13(19-14)10-8-21(6)20-9(10)2/h8H,7H2,1-6H3,(H,17,18,19). The van der Waals surface area contributed by atoms with E-state index in [1.165, 1.54) is 0 Å².